The van der Waals surface area contributed by atoms with Crippen molar-refractivity contribution in [2.75, 3.05) is 7.11 Å². The molecule has 2 fully saturated rings. The summed E-state index contributed by atoms with van der Waals surface area (Å²) >= 11 is 0. The Morgan fingerprint density at radius 1 is 1.47 bits per heavy atom. The number of carbonyl (C=O) groups excluding carboxylic acids is 1. The highest BCUT2D eigenvalue weighted by atomic mass is 31.2. The zero-order chi connectivity index (χ0) is 12.6. The molecule has 2 aliphatic rings. The zero-order valence-electron chi connectivity index (χ0n) is 10.7. The fraction of sp³-hybridized carbons (Fsp3) is 0.917. The number of Topliss-reactive ketones (excluding diaryl/α,β-unsaturated/α-hetero) is 1. The molecular weight excluding hydrogens is 239 g/mol. The van der Waals surface area contributed by atoms with Crippen molar-refractivity contribution in [1.82, 2.24) is 0 Å². The molecule has 98 valence electrons. The third-order valence-corrected chi connectivity index (χ3v) is 6.70. The fourth-order valence-corrected chi connectivity index (χ4v) is 4.55. The monoisotopic (exact) mass is 260 g/mol. The predicted octanol–water partition coefficient (Wildman–Crippen LogP) is 3.01. The van der Waals surface area contributed by atoms with Gasteiger partial charge in [-0.2, -0.15) is 0 Å². The van der Waals surface area contributed by atoms with Crippen molar-refractivity contribution in [3.05, 3.63) is 0 Å². The Balaban J connectivity index is 2.10. The maximum Gasteiger partial charge on any atom is 0.333 e. The largest absolute Gasteiger partial charge is 0.333 e. The van der Waals surface area contributed by atoms with Crippen molar-refractivity contribution >= 4 is 13.4 Å². The predicted molar refractivity (Wildman–Crippen MR) is 65.1 cm³/mol. The lowest BCUT2D eigenvalue weighted by Gasteiger charge is -2.28. The van der Waals surface area contributed by atoms with E-state index < -0.39 is 13.7 Å². The maximum atomic E-state index is 12.5. The molecule has 2 bridgehead atoms. The van der Waals surface area contributed by atoms with Gasteiger partial charge < -0.3 is 4.52 Å². The minimum absolute atomic E-state index is 0.141. The molecule has 0 radical (unpaired) electrons. The summed E-state index contributed by atoms with van der Waals surface area (Å²) in [6.45, 7) is 3.80. The van der Waals surface area contributed by atoms with Gasteiger partial charge in [-0.1, -0.05) is 13.8 Å². The van der Waals surface area contributed by atoms with E-state index >= 15 is 0 Å². The van der Waals surface area contributed by atoms with Crippen LogP contribution in [0, 0.1) is 11.8 Å². The first kappa shape index (κ1) is 13.3. The van der Waals surface area contributed by atoms with Crippen LogP contribution in [0.1, 0.15) is 39.5 Å². The van der Waals surface area contributed by atoms with Gasteiger partial charge in [0.2, 0.25) is 0 Å². The standard InChI is InChI=1S/C12H21O4P/c1-4-8(2)17(14,15-3)16-12-10-6-5-9(7-10)11(12)13/h8-10,12H,4-7H2,1-3H3. The lowest BCUT2D eigenvalue weighted by Crippen LogP contribution is -2.30. The summed E-state index contributed by atoms with van der Waals surface area (Å²) in [5.41, 5.74) is -0.153. The molecule has 4 nitrogen and oxygen atoms in total. The second-order valence-corrected chi connectivity index (χ2v) is 7.72. The summed E-state index contributed by atoms with van der Waals surface area (Å²) in [7, 11) is -1.72. The van der Waals surface area contributed by atoms with E-state index in [0.29, 0.717) is 0 Å². The lowest BCUT2D eigenvalue weighted by molar-refractivity contribution is -0.129. The van der Waals surface area contributed by atoms with Crippen molar-refractivity contribution in [3.63, 3.8) is 0 Å². The van der Waals surface area contributed by atoms with E-state index in [2.05, 4.69) is 0 Å². The van der Waals surface area contributed by atoms with E-state index in [9.17, 15) is 9.36 Å². The molecule has 0 spiro atoms. The molecule has 0 heterocycles. The number of carbonyl (C=O) groups is 1. The average molecular weight is 260 g/mol. The van der Waals surface area contributed by atoms with Crippen LogP contribution in [0.5, 0.6) is 0 Å². The molecule has 0 aromatic heterocycles. The molecular formula is C12H21O4P. The van der Waals surface area contributed by atoms with E-state index in [1.165, 1.54) is 7.11 Å². The Morgan fingerprint density at radius 2 is 2.18 bits per heavy atom. The van der Waals surface area contributed by atoms with Crippen molar-refractivity contribution in [3.8, 4) is 0 Å². The average Bonchev–Trinajstić information content (AvgIpc) is 2.91. The minimum atomic E-state index is -3.13. The van der Waals surface area contributed by atoms with E-state index in [0.717, 1.165) is 25.7 Å². The molecule has 5 heteroatoms. The highest BCUT2D eigenvalue weighted by Gasteiger charge is 2.50. The summed E-state index contributed by atoms with van der Waals surface area (Å²) in [4.78, 5) is 12.0. The van der Waals surface area contributed by atoms with Crippen LogP contribution in [0.15, 0.2) is 0 Å². The number of hydrogen-bond donors (Lipinski definition) is 0. The number of fused-ring (bicyclic) bond motifs is 2. The SMILES string of the molecule is CCC(C)P(=O)(OC)OC1C(=O)C2CCC1C2. The third-order valence-electron chi connectivity index (χ3n) is 4.23. The van der Waals surface area contributed by atoms with E-state index in [1.807, 2.05) is 13.8 Å². The molecule has 0 saturated heterocycles. The molecule has 5 atom stereocenters. The topological polar surface area (TPSA) is 52.6 Å². The van der Waals surface area contributed by atoms with Gasteiger partial charge in [0.05, 0.1) is 5.66 Å². The minimum Gasteiger partial charge on any atom is -0.312 e. The van der Waals surface area contributed by atoms with E-state index in [1.54, 1.807) is 0 Å². The Bertz CT molecular complexity index is 354. The van der Waals surface area contributed by atoms with Gasteiger partial charge in [-0.05, 0) is 31.6 Å². The van der Waals surface area contributed by atoms with Gasteiger partial charge in [0.1, 0.15) is 6.10 Å². The fourth-order valence-electron chi connectivity index (χ4n) is 2.86. The number of rotatable bonds is 5. The van der Waals surface area contributed by atoms with Gasteiger partial charge in [-0.15, -0.1) is 0 Å². The quantitative estimate of drug-likeness (QED) is 0.713. The van der Waals surface area contributed by atoms with Crippen LogP contribution in [0.3, 0.4) is 0 Å². The van der Waals surface area contributed by atoms with Crippen molar-refractivity contribution in [2.24, 2.45) is 11.8 Å². The van der Waals surface area contributed by atoms with Crippen LogP contribution in [-0.2, 0) is 18.4 Å². The van der Waals surface area contributed by atoms with Crippen molar-refractivity contribution in [1.29, 1.82) is 0 Å². The number of ketones is 1. The van der Waals surface area contributed by atoms with E-state index in [4.69, 9.17) is 9.05 Å². The van der Waals surface area contributed by atoms with Crippen molar-refractivity contribution < 1.29 is 18.4 Å². The highest BCUT2D eigenvalue weighted by Crippen LogP contribution is 2.58. The van der Waals surface area contributed by atoms with Crippen molar-refractivity contribution in [2.45, 2.75) is 51.3 Å². The second-order valence-electron chi connectivity index (χ2n) is 5.18. The van der Waals surface area contributed by atoms with Crippen LogP contribution >= 0.6 is 7.60 Å². The Morgan fingerprint density at radius 3 is 2.65 bits per heavy atom. The first-order chi connectivity index (χ1) is 8.01. The summed E-state index contributed by atoms with van der Waals surface area (Å²) < 4.78 is 23.2. The summed E-state index contributed by atoms with van der Waals surface area (Å²) in [6.07, 6.45) is 3.15. The molecule has 0 aliphatic heterocycles. The van der Waals surface area contributed by atoms with Crippen LogP contribution in [0.25, 0.3) is 0 Å². The zero-order valence-corrected chi connectivity index (χ0v) is 11.6. The van der Waals surface area contributed by atoms with Crippen LogP contribution < -0.4 is 0 Å². The molecule has 0 aromatic rings. The summed E-state index contributed by atoms with van der Waals surface area (Å²) in [5.74, 6) is 0.550. The Hall–Kier alpha value is -0.180. The van der Waals surface area contributed by atoms with Crippen LogP contribution in [-0.4, -0.2) is 24.7 Å². The molecule has 0 aromatic carbocycles. The molecule has 2 rings (SSSR count). The molecule has 5 unspecified atom stereocenters. The first-order valence-corrected chi connectivity index (χ1v) is 8.00. The lowest BCUT2D eigenvalue weighted by atomic mass is 9.97. The Kier molecular flexibility index (Phi) is 3.77. The maximum absolute atomic E-state index is 12.5. The van der Waals surface area contributed by atoms with Gasteiger partial charge in [0.15, 0.2) is 5.78 Å². The highest BCUT2D eigenvalue weighted by molar-refractivity contribution is 7.54. The van der Waals surface area contributed by atoms with E-state index in [-0.39, 0.29) is 23.3 Å². The first-order valence-electron chi connectivity index (χ1n) is 6.39. The molecule has 2 aliphatic carbocycles. The molecule has 2 saturated carbocycles. The van der Waals surface area contributed by atoms with Gasteiger partial charge >= 0.3 is 7.60 Å². The van der Waals surface area contributed by atoms with Gasteiger partial charge in [0, 0.05) is 13.0 Å². The van der Waals surface area contributed by atoms with Crippen LogP contribution in [0.2, 0.25) is 0 Å². The smallest absolute Gasteiger partial charge is 0.312 e. The van der Waals surface area contributed by atoms with Gasteiger partial charge in [-0.3, -0.25) is 13.9 Å². The van der Waals surface area contributed by atoms with Crippen LogP contribution in [0.4, 0.5) is 0 Å². The van der Waals surface area contributed by atoms with Gasteiger partial charge in [-0.25, -0.2) is 0 Å². The second kappa shape index (κ2) is 4.83. The molecule has 0 amide bonds. The van der Waals surface area contributed by atoms with Gasteiger partial charge in [0.25, 0.3) is 0 Å². The summed E-state index contributed by atoms with van der Waals surface area (Å²) in [6, 6.07) is 0. The summed E-state index contributed by atoms with van der Waals surface area (Å²) in [5, 5.41) is 0. The molecule has 17 heavy (non-hydrogen) atoms. The Labute approximate surface area is 103 Å². The normalized spacial score (nSPS) is 37.1. The molecule has 0 N–H and O–H groups in total. The number of hydrogen-bond acceptors (Lipinski definition) is 4. The third kappa shape index (κ3) is 2.23.